The number of amides is 1. The fourth-order valence-corrected chi connectivity index (χ4v) is 4.48. The molecule has 11 heteroatoms. The number of benzene rings is 2. The Kier molecular flexibility index (Phi) is 7.14. The molecule has 0 spiro atoms. The van der Waals surface area contributed by atoms with Gasteiger partial charge >= 0.3 is 6.09 Å². The van der Waals surface area contributed by atoms with Crippen LogP contribution in [0.5, 0.6) is 0 Å². The van der Waals surface area contributed by atoms with E-state index < -0.39 is 0 Å². The first-order chi connectivity index (χ1) is 20.0. The molecule has 6 rings (SSSR count). The number of hydrogen-bond acceptors (Lipinski definition) is 7. The van der Waals surface area contributed by atoms with Crippen molar-refractivity contribution in [1.29, 1.82) is 0 Å². The number of carbonyl (C=O) groups is 1. The van der Waals surface area contributed by atoms with E-state index in [-0.39, 0.29) is 12.7 Å². The number of likely N-dealkylation sites (N-methyl/N-ethyl adjacent to an activating group) is 1. The van der Waals surface area contributed by atoms with Crippen LogP contribution in [0.4, 0.5) is 16.3 Å². The second-order valence-corrected chi connectivity index (χ2v) is 9.67. The van der Waals surface area contributed by atoms with Crippen molar-refractivity contribution in [3.63, 3.8) is 0 Å². The maximum Gasteiger partial charge on any atom is 0.409 e. The summed E-state index contributed by atoms with van der Waals surface area (Å²) in [4.78, 5) is 27.9. The molecular formula is C30H29N9O2. The van der Waals surface area contributed by atoms with Crippen LogP contribution in [0.3, 0.4) is 0 Å². The molecule has 0 fully saturated rings. The zero-order chi connectivity index (χ0) is 28.2. The molecule has 0 radical (unpaired) electrons. The smallest absolute Gasteiger partial charge is 0.409 e. The molecule has 1 amide bonds. The summed E-state index contributed by atoms with van der Waals surface area (Å²) in [5.74, 6) is 0.613. The maximum atomic E-state index is 12.6. The molecule has 0 saturated carbocycles. The highest BCUT2D eigenvalue weighted by atomic mass is 16.6. The molecule has 0 unspecified atom stereocenters. The van der Waals surface area contributed by atoms with E-state index in [1.54, 1.807) is 29.2 Å². The number of ether oxygens (including phenoxy) is 1. The molecule has 4 aromatic heterocycles. The van der Waals surface area contributed by atoms with Crippen molar-refractivity contribution in [2.24, 2.45) is 7.05 Å². The number of carbonyl (C=O) groups excluding carboxylic acids is 1. The zero-order valence-corrected chi connectivity index (χ0v) is 22.8. The molecule has 6 aromatic rings. The van der Waals surface area contributed by atoms with Crippen molar-refractivity contribution < 1.29 is 9.53 Å². The monoisotopic (exact) mass is 547 g/mol. The van der Waals surface area contributed by atoms with Crippen molar-refractivity contribution in [3.8, 4) is 16.9 Å². The fourth-order valence-electron chi connectivity index (χ4n) is 4.48. The number of aryl methyl sites for hydroxylation is 1. The van der Waals surface area contributed by atoms with Crippen molar-refractivity contribution in [2.45, 2.75) is 13.0 Å². The number of aromatic nitrogens is 7. The molecule has 11 nitrogen and oxygen atoms in total. The molecule has 0 atom stereocenters. The van der Waals surface area contributed by atoms with Gasteiger partial charge in [0.05, 0.1) is 30.1 Å². The molecule has 41 heavy (non-hydrogen) atoms. The number of rotatable bonds is 9. The van der Waals surface area contributed by atoms with Crippen LogP contribution in [0.1, 0.15) is 11.3 Å². The summed E-state index contributed by atoms with van der Waals surface area (Å²) < 4.78 is 11.2. The molecule has 0 aliphatic heterocycles. The van der Waals surface area contributed by atoms with Gasteiger partial charge in [-0.1, -0.05) is 30.3 Å². The Morgan fingerprint density at radius 2 is 1.88 bits per heavy atom. The predicted molar refractivity (Wildman–Crippen MR) is 155 cm³/mol. The summed E-state index contributed by atoms with van der Waals surface area (Å²) in [5, 5.41) is 7.75. The topological polar surface area (TPSA) is 107 Å². The Labute approximate surface area is 236 Å². The number of anilines is 2. The van der Waals surface area contributed by atoms with E-state index in [0.717, 1.165) is 33.9 Å². The molecule has 0 aliphatic rings. The van der Waals surface area contributed by atoms with Crippen LogP contribution in [0, 0.1) is 0 Å². The standard InChI is InChI=1S/C30H29N9O2/c1-36(30(40)41-20-22-6-4-3-5-7-22)14-12-25-19-39-27(23-16-33-37(2)18-23)17-32-29(39)28(35-25)34-24-8-10-26(11-9-24)38-15-13-31-21-38/h3-11,13,15-19,21H,12,14,20H2,1-2H3,(H,34,35). The Morgan fingerprint density at radius 1 is 1.05 bits per heavy atom. The van der Waals surface area contributed by atoms with E-state index in [0.29, 0.717) is 24.4 Å². The highest BCUT2D eigenvalue weighted by molar-refractivity contribution is 5.74. The summed E-state index contributed by atoms with van der Waals surface area (Å²) >= 11 is 0. The van der Waals surface area contributed by atoms with E-state index in [4.69, 9.17) is 9.72 Å². The van der Waals surface area contributed by atoms with Gasteiger partial charge in [-0.15, -0.1) is 0 Å². The number of hydrogen-bond donors (Lipinski definition) is 1. The third kappa shape index (κ3) is 5.78. The lowest BCUT2D eigenvalue weighted by atomic mass is 10.2. The molecule has 0 saturated heterocycles. The molecule has 206 valence electrons. The molecular weight excluding hydrogens is 518 g/mol. The summed E-state index contributed by atoms with van der Waals surface area (Å²) in [7, 11) is 3.61. The Hall–Kier alpha value is -5.45. The van der Waals surface area contributed by atoms with Crippen LogP contribution in [-0.4, -0.2) is 58.3 Å². The van der Waals surface area contributed by atoms with E-state index >= 15 is 0 Å². The first-order valence-corrected chi connectivity index (χ1v) is 13.2. The van der Waals surface area contributed by atoms with E-state index in [1.165, 1.54) is 0 Å². The van der Waals surface area contributed by atoms with Crippen molar-refractivity contribution in [1.82, 2.24) is 38.6 Å². The van der Waals surface area contributed by atoms with Crippen molar-refractivity contribution in [3.05, 3.63) is 109 Å². The van der Waals surface area contributed by atoms with Gasteiger partial charge in [0.15, 0.2) is 11.5 Å². The summed E-state index contributed by atoms with van der Waals surface area (Å²) in [6, 6.07) is 17.6. The Morgan fingerprint density at radius 3 is 2.61 bits per heavy atom. The fraction of sp³-hybridized carbons (Fsp3) is 0.167. The van der Waals surface area contributed by atoms with E-state index in [2.05, 4.69) is 20.4 Å². The first-order valence-electron chi connectivity index (χ1n) is 13.2. The van der Waals surface area contributed by atoms with Gasteiger partial charge in [0.1, 0.15) is 6.61 Å². The van der Waals surface area contributed by atoms with Gasteiger partial charge in [-0.2, -0.15) is 5.10 Å². The normalized spacial score (nSPS) is 11.1. The van der Waals surface area contributed by atoms with Gasteiger partial charge in [-0.3, -0.25) is 9.08 Å². The second kappa shape index (κ2) is 11.3. The van der Waals surface area contributed by atoms with Gasteiger partial charge in [0.2, 0.25) is 0 Å². The highest BCUT2D eigenvalue weighted by Gasteiger charge is 2.16. The lowest BCUT2D eigenvalue weighted by molar-refractivity contribution is 0.105. The quantitative estimate of drug-likeness (QED) is 0.275. The minimum absolute atomic E-state index is 0.228. The average Bonchev–Trinajstić information content (AvgIpc) is 3.77. The number of imidazole rings is 2. The van der Waals surface area contributed by atoms with Crippen LogP contribution in [-0.2, 0) is 24.8 Å². The van der Waals surface area contributed by atoms with Crippen LogP contribution >= 0.6 is 0 Å². The van der Waals surface area contributed by atoms with Crippen molar-refractivity contribution in [2.75, 3.05) is 18.9 Å². The van der Waals surface area contributed by atoms with Gasteiger partial charge in [-0.05, 0) is 29.8 Å². The van der Waals surface area contributed by atoms with Gasteiger partial charge < -0.3 is 19.5 Å². The van der Waals surface area contributed by atoms with Gasteiger partial charge in [-0.25, -0.2) is 19.7 Å². The summed E-state index contributed by atoms with van der Waals surface area (Å²) in [5.41, 5.74) is 6.12. The van der Waals surface area contributed by atoms with Gasteiger partial charge in [0.25, 0.3) is 0 Å². The summed E-state index contributed by atoms with van der Waals surface area (Å²) in [6.07, 6.45) is 13.1. The minimum atomic E-state index is -0.384. The minimum Gasteiger partial charge on any atom is -0.445 e. The third-order valence-electron chi connectivity index (χ3n) is 6.70. The van der Waals surface area contributed by atoms with Gasteiger partial charge in [0, 0.05) is 68.8 Å². The lowest BCUT2D eigenvalue weighted by Gasteiger charge is -2.17. The predicted octanol–water partition coefficient (Wildman–Crippen LogP) is 4.87. The second-order valence-electron chi connectivity index (χ2n) is 9.67. The molecule has 0 bridgehead atoms. The van der Waals surface area contributed by atoms with Crippen molar-refractivity contribution >= 4 is 23.2 Å². The lowest BCUT2D eigenvalue weighted by Crippen LogP contribution is -2.29. The van der Waals surface area contributed by atoms with Crippen LogP contribution in [0.25, 0.3) is 22.6 Å². The molecule has 2 aromatic carbocycles. The number of nitrogens with zero attached hydrogens (tertiary/aromatic N) is 8. The Bertz CT molecular complexity index is 1760. The number of fused-ring (bicyclic) bond motifs is 1. The number of nitrogens with one attached hydrogen (secondary N) is 1. The van der Waals surface area contributed by atoms with E-state index in [1.807, 2.05) is 102 Å². The maximum absolute atomic E-state index is 12.6. The third-order valence-corrected chi connectivity index (χ3v) is 6.70. The molecule has 4 heterocycles. The Balaban J connectivity index is 1.24. The van der Waals surface area contributed by atoms with Crippen LogP contribution < -0.4 is 5.32 Å². The summed E-state index contributed by atoms with van der Waals surface area (Å²) in [6.45, 7) is 0.660. The molecule has 1 N–H and O–H groups in total. The molecule has 0 aliphatic carbocycles. The average molecular weight is 548 g/mol. The first kappa shape index (κ1) is 25.8. The highest BCUT2D eigenvalue weighted by Crippen LogP contribution is 2.26. The largest absolute Gasteiger partial charge is 0.445 e. The SMILES string of the molecule is CN(CCc1cn2c(-c3cnn(C)c3)cnc2c(Nc2ccc(-n3ccnc3)cc2)n1)C(=O)OCc1ccccc1. The zero-order valence-electron chi connectivity index (χ0n) is 22.8. The van der Waals surface area contributed by atoms with Crippen LogP contribution in [0.15, 0.2) is 98.1 Å². The van der Waals surface area contributed by atoms with Crippen LogP contribution in [0.2, 0.25) is 0 Å². The van der Waals surface area contributed by atoms with E-state index in [9.17, 15) is 4.79 Å².